The number of hydrogen-bond acceptors (Lipinski definition) is 3. The first-order chi connectivity index (χ1) is 8.78. The van der Waals surface area contributed by atoms with Crippen LogP contribution in [0.3, 0.4) is 0 Å². The van der Waals surface area contributed by atoms with E-state index in [4.69, 9.17) is 9.52 Å². The molecule has 5 nitrogen and oxygen atoms in total. The molecule has 0 saturated carbocycles. The summed E-state index contributed by atoms with van der Waals surface area (Å²) in [5.41, 5.74) is 0. The van der Waals surface area contributed by atoms with E-state index < -0.39 is 31.1 Å². The average Bonchev–Trinajstić information content (AvgIpc) is 2.75. The molecule has 1 heterocycles. The van der Waals surface area contributed by atoms with Crippen LogP contribution in [0.25, 0.3) is 0 Å². The molecule has 0 spiro atoms. The van der Waals surface area contributed by atoms with E-state index in [0.29, 0.717) is 5.76 Å². The summed E-state index contributed by atoms with van der Waals surface area (Å²) in [6.45, 7) is -2.55. The minimum Gasteiger partial charge on any atom is -0.480 e. The SMILES string of the molecule is O=C(O)CN(CC(F)(F)F)C(=O)CCc1ccco1. The van der Waals surface area contributed by atoms with Crippen molar-refractivity contribution in [3.8, 4) is 0 Å². The molecule has 0 radical (unpaired) electrons. The van der Waals surface area contributed by atoms with Crippen LogP contribution in [0.2, 0.25) is 0 Å². The van der Waals surface area contributed by atoms with E-state index in [-0.39, 0.29) is 17.7 Å². The number of hydrogen-bond donors (Lipinski definition) is 1. The third-order valence-electron chi connectivity index (χ3n) is 2.21. The molecule has 0 aliphatic carbocycles. The molecule has 8 heteroatoms. The molecule has 0 aliphatic rings. The van der Waals surface area contributed by atoms with Gasteiger partial charge in [0, 0.05) is 12.8 Å². The Labute approximate surface area is 106 Å². The molecule has 0 aliphatic heterocycles. The van der Waals surface area contributed by atoms with Crippen molar-refractivity contribution in [2.75, 3.05) is 13.1 Å². The second kappa shape index (κ2) is 6.26. The summed E-state index contributed by atoms with van der Waals surface area (Å²) in [6, 6.07) is 3.17. The largest absolute Gasteiger partial charge is 0.480 e. The molecule has 0 atom stereocenters. The second-order valence-corrected chi connectivity index (χ2v) is 3.84. The minimum atomic E-state index is -4.63. The van der Waals surface area contributed by atoms with Crippen LogP contribution in [0.15, 0.2) is 22.8 Å². The fraction of sp³-hybridized carbons (Fsp3) is 0.455. The van der Waals surface area contributed by atoms with Gasteiger partial charge in [-0.25, -0.2) is 0 Å². The maximum absolute atomic E-state index is 12.2. The van der Waals surface area contributed by atoms with Crippen LogP contribution in [-0.2, 0) is 16.0 Å². The topological polar surface area (TPSA) is 70.8 Å². The number of nitrogens with zero attached hydrogens (tertiary/aromatic N) is 1. The number of carboxylic acids is 1. The zero-order valence-corrected chi connectivity index (χ0v) is 9.81. The molecule has 0 bridgehead atoms. The highest BCUT2D eigenvalue weighted by Crippen LogP contribution is 2.17. The molecule has 1 aromatic rings. The predicted octanol–water partition coefficient (Wildman–Crippen LogP) is 1.69. The number of alkyl halides is 3. The van der Waals surface area contributed by atoms with Crippen LogP contribution < -0.4 is 0 Å². The van der Waals surface area contributed by atoms with Crippen molar-refractivity contribution in [1.29, 1.82) is 0 Å². The Morgan fingerprint density at radius 1 is 1.37 bits per heavy atom. The van der Waals surface area contributed by atoms with E-state index in [0.717, 1.165) is 0 Å². The summed E-state index contributed by atoms with van der Waals surface area (Å²) in [5, 5.41) is 8.50. The second-order valence-electron chi connectivity index (χ2n) is 3.84. The molecular weight excluding hydrogens is 267 g/mol. The summed E-state index contributed by atoms with van der Waals surface area (Å²) < 4.78 is 41.6. The lowest BCUT2D eigenvalue weighted by Crippen LogP contribution is -2.42. The Kier molecular flexibility index (Phi) is 4.96. The molecule has 106 valence electrons. The number of carboxylic acid groups (broad SMARTS) is 1. The molecular formula is C11H12F3NO4. The van der Waals surface area contributed by atoms with Gasteiger partial charge < -0.3 is 14.4 Å². The molecule has 1 N–H and O–H groups in total. The van der Waals surface area contributed by atoms with Gasteiger partial charge in [0.15, 0.2) is 0 Å². The summed E-state index contributed by atoms with van der Waals surface area (Å²) in [5.74, 6) is -1.91. The highest BCUT2D eigenvalue weighted by Gasteiger charge is 2.33. The Morgan fingerprint density at radius 2 is 2.05 bits per heavy atom. The van der Waals surface area contributed by atoms with Gasteiger partial charge in [-0.2, -0.15) is 13.2 Å². The van der Waals surface area contributed by atoms with Crippen LogP contribution in [-0.4, -0.2) is 41.1 Å². The Hall–Kier alpha value is -1.99. The van der Waals surface area contributed by atoms with Gasteiger partial charge in [-0.1, -0.05) is 0 Å². The van der Waals surface area contributed by atoms with Crippen molar-refractivity contribution in [2.24, 2.45) is 0 Å². The van der Waals surface area contributed by atoms with Gasteiger partial charge in [-0.3, -0.25) is 9.59 Å². The lowest BCUT2D eigenvalue weighted by Gasteiger charge is -2.21. The van der Waals surface area contributed by atoms with Crippen LogP contribution in [0.1, 0.15) is 12.2 Å². The number of amides is 1. The van der Waals surface area contributed by atoms with Crippen LogP contribution in [0.4, 0.5) is 13.2 Å². The average molecular weight is 279 g/mol. The first kappa shape index (κ1) is 15.1. The van der Waals surface area contributed by atoms with E-state index in [2.05, 4.69) is 0 Å². The normalized spacial score (nSPS) is 11.3. The number of halogens is 3. The first-order valence-corrected chi connectivity index (χ1v) is 5.36. The highest BCUT2D eigenvalue weighted by molar-refractivity contribution is 5.81. The van der Waals surface area contributed by atoms with Gasteiger partial charge in [-0.05, 0) is 12.1 Å². The van der Waals surface area contributed by atoms with Crippen LogP contribution in [0, 0.1) is 0 Å². The third-order valence-corrected chi connectivity index (χ3v) is 2.21. The molecule has 0 aromatic carbocycles. The first-order valence-electron chi connectivity index (χ1n) is 5.36. The molecule has 0 unspecified atom stereocenters. The molecule has 19 heavy (non-hydrogen) atoms. The van der Waals surface area contributed by atoms with E-state index in [1.165, 1.54) is 6.26 Å². The van der Waals surface area contributed by atoms with Gasteiger partial charge in [0.25, 0.3) is 0 Å². The highest BCUT2D eigenvalue weighted by atomic mass is 19.4. The van der Waals surface area contributed by atoms with Crippen molar-refractivity contribution >= 4 is 11.9 Å². The van der Waals surface area contributed by atoms with Crippen LogP contribution >= 0.6 is 0 Å². The maximum Gasteiger partial charge on any atom is 0.406 e. The predicted molar refractivity (Wildman–Crippen MR) is 57.3 cm³/mol. The molecule has 0 saturated heterocycles. The van der Waals surface area contributed by atoms with Gasteiger partial charge >= 0.3 is 12.1 Å². The minimum absolute atomic E-state index is 0.125. The number of rotatable bonds is 6. The summed E-state index contributed by atoms with van der Waals surface area (Å²) in [4.78, 5) is 22.3. The smallest absolute Gasteiger partial charge is 0.406 e. The Morgan fingerprint density at radius 3 is 2.53 bits per heavy atom. The van der Waals surface area contributed by atoms with Gasteiger partial charge in [0.05, 0.1) is 6.26 Å². The van der Waals surface area contributed by atoms with Crippen molar-refractivity contribution in [1.82, 2.24) is 4.90 Å². The van der Waals surface area contributed by atoms with Crippen molar-refractivity contribution in [3.63, 3.8) is 0 Å². The van der Waals surface area contributed by atoms with Crippen molar-refractivity contribution in [2.45, 2.75) is 19.0 Å². The Bertz CT molecular complexity index is 428. The summed E-state index contributed by atoms with van der Waals surface area (Å²) in [7, 11) is 0. The number of aliphatic carboxylic acids is 1. The summed E-state index contributed by atoms with van der Waals surface area (Å²) >= 11 is 0. The fourth-order valence-corrected chi connectivity index (χ4v) is 1.46. The van der Waals surface area contributed by atoms with Crippen LogP contribution in [0.5, 0.6) is 0 Å². The zero-order chi connectivity index (χ0) is 14.5. The molecule has 1 rings (SSSR count). The molecule has 0 fully saturated rings. The molecule has 1 amide bonds. The van der Waals surface area contributed by atoms with Crippen molar-refractivity contribution in [3.05, 3.63) is 24.2 Å². The van der Waals surface area contributed by atoms with Crippen molar-refractivity contribution < 1.29 is 32.3 Å². The lowest BCUT2D eigenvalue weighted by atomic mass is 10.2. The number of aryl methyl sites for hydroxylation is 1. The standard InChI is InChI=1S/C11H12F3NO4/c12-11(13,14)7-15(6-10(17)18)9(16)4-3-8-2-1-5-19-8/h1-2,5H,3-4,6-7H2,(H,17,18). The van der Waals surface area contributed by atoms with E-state index >= 15 is 0 Å². The van der Waals surface area contributed by atoms with E-state index in [1.54, 1.807) is 12.1 Å². The lowest BCUT2D eigenvalue weighted by molar-refractivity contribution is -0.165. The number of carbonyl (C=O) groups excluding carboxylic acids is 1. The summed E-state index contributed by atoms with van der Waals surface area (Å²) in [6.07, 6.45) is -3.36. The number of carbonyl (C=O) groups is 2. The van der Waals surface area contributed by atoms with Gasteiger partial charge in [0.1, 0.15) is 18.8 Å². The fourth-order valence-electron chi connectivity index (χ4n) is 1.46. The Balaban J connectivity index is 2.57. The third kappa shape index (κ3) is 5.94. The molecule has 1 aromatic heterocycles. The van der Waals surface area contributed by atoms with Gasteiger partial charge in [0.2, 0.25) is 5.91 Å². The van der Waals surface area contributed by atoms with E-state index in [1.807, 2.05) is 0 Å². The quantitative estimate of drug-likeness (QED) is 0.860. The van der Waals surface area contributed by atoms with E-state index in [9.17, 15) is 22.8 Å². The monoisotopic (exact) mass is 279 g/mol. The number of furan rings is 1. The zero-order valence-electron chi connectivity index (χ0n) is 9.81. The van der Waals surface area contributed by atoms with Gasteiger partial charge in [-0.15, -0.1) is 0 Å². The maximum atomic E-state index is 12.2.